The molecule has 40 heavy (non-hydrogen) atoms. The number of aryl methyl sites for hydroxylation is 2. The minimum atomic E-state index is -0.797. The van der Waals surface area contributed by atoms with Crippen molar-refractivity contribution in [2.24, 2.45) is 0 Å². The first kappa shape index (κ1) is 28.8. The molecule has 2 heterocycles. The minimum Gasteiger partial charge on any atom is -0.489 e. The van der Waals surface area contributed by atoms with Crippen molar-refractivity contribution < 1.29 is 24.1 Å². The Labute approximate surface area is 231 Å². The fourth-order valence-corrected chi connectivity index (χ4v) is 4.74. The van der Waals surface area contributed by atoms with Crippen LogP contribution in [0.15, 0.2) is 53.6 Å². The number of aliphatic hydroxyl groups is 1. The number of esters is 1. The number of hydrogen-bond acceptors (Lipinski definition) is 9. The molecular formula is C29H35N5O6. The first-order valence-corrected chi connectivity index (χ1v) is 12.9. The molecule has 212 valence electrons. The van der Waals surface area contributed by atoms with Gasteiger partial charge >= 0.3 is 5.97 Å². The Morgan fingerprint density at radius 3 is 2.67 bits per heavy atom. The number of H-pyrrole nitrogens is 1. The molecule has 11 heteroatoms. The average Bonchev–Trinajstić information content (AvgIpc) is 3.30. The number of rotatable bonds is 12. The van der Waals surface area contributed by atoms with Crippen molar-refractivity contribution in [3.8, 4) is 5.75 Å². The van der Waals surface area contributed by atoms with Crippen molar-refractivity contribution >= 4 is 23.1 Å². The van der Waals surface area contributed by atoms with Crippen molar-refractivity contribution in [1.82, 2.24) is 19.5 Å². The van der Waals surface area contributed by atoms with Gasteiger partial charge in [-0.05, 0) is 36.6 Å². The lowest BCUT2D eigenvalue weighted by molar-refractivity contribution is -0.151. The van der Waals surface area contributed by atoms with Crippen LogP contribution in [0.4, 0.5) is 5.95 Å². The highest BCUT2D eigenvalue weighted by Gasteiger charge is 2.31. The van der Waals surface area contributed by atoms with Crippen LogP contribution in [0.25, 0.3) is 11.2 Å². The summed E-state index contributed by atoms with van der Waals surface area (Å²) in [7, 11) is 0. The summed E-state index contributed by atoms with van der Waals surface area (Å²) >= 11 is 0. The predicted octanol–water partition coefficient (Wildman–Crippen LogP) is 3.14. The molecule has 0 saturated heterocycles. The number of nitrogens with two attached hydrogens (primary N) is 1. The smallest absolute Gasteiger partial charge is 0.306 e. The van der Waals surface area contributed by atoms with Gasteiger partial charge in [-0.15, -0.1) is 0 Å². The van der Waals surface area contributed by atoms with E-state index in [1.54, 1.807) is 0 Å². The minimum absolute atomic E-state index is 0.0491. The second kappa shape index (κ2) is 12.3. The number of nitrogen functional groups attached to an aromatic ring is 1. The lowest BCUT2D eigenvalue weighted by Crippen LogP contribution is -2.30. The lowest BCUT2D eigenvalue weighted by Gasteiger charge is -2.29. The number of ether oxygens (including phenoxy) is 3. The van der Waals surface area contributed by atoms with Crippen LogP contribution in [0.1, 0.15) is 42.5 Å². The highest BCUT2D eigenvalue weighted by Crippen LogP contribution is 2.38. The number of carbonyl (C=O) groups excluding carboxylic acids is 1. The van der Waals surface area contributed by atoms with E-state index in [1.165, 1.54) is 10.9 Å². The zero-order valence-corrected chi connectivity index (χ0v) is 23.1. The number of aromatic nitrogens is 4. The number of nitrogens with zero attached hydrogens (tertiary/aromatic N) is 3. The van der Waals surface area contributed by atoms with E-state index in [2.05, 4.69) is 21.0 Å². The van der Waals surface area contributed by atoms with Gasteiger partial charge in [0, 0.05) is 11.0 Å². The molecule has 0 aliphatic rings. The summed E-state index contributed by atoms with van der Waals surface area (Å²) in [6.07, 6.45) is 0.681. The first-order chi connectivity index (χ1) is 19.1. The van der Waals surface area contributed by atoms with E-state index in [0.29, 0.717) is 6.61 Å². The van der Waals surface area contributed by atoms with E-state index in [4.69, 9.17) is 19.9 Å². The van der Waals surface area contributed by atoms with Crippen molar-refractivity contribution in [2.75, 3.05) is 18.9 Å². The van der Waals surface area contributed by atoms with Gasteiger partial charge in [0.15, 0.2) is 11.2 Å². The largest absolute Gasteiger partial charge is 0.489 e. The summed E-state index contributed by atoms with van der Waals surface area (Å²) in [5, 5.41) is 9.78. The van der Waals surface area contributed by atoms with Gasteiger partial charge in [-0.2, -0.15) is 4.98 Å². The number of imidazole rings is 1. The van der Waals surface area contributed by atoms with Crippen LogP contribution in [0.5, 0.6) is 5.75 Å². The van der Waals surface area contributed by atoms with E-state index in [-0.39, 0.29) is 43.5 Å². The second-order valence-electron chi connectivity index (χ2n) is 10.4. The number of benzene rings is 2. The van der Waals surface area contributed by atoms with E-state index >= 15 is 0 Å². The van der Waals surface area contributed by atoms with Crippen LogP contribution in [0.3, 0.4) is 0 Å². The van der Waals surface area contributed by atoms with Crippen LogP contribution in [-0.2, 0) is 33.0 Å². The zero-order valence-electron chi connectivity index (χ0n) is 23.1. The Hall–Kier alpha value is -4.22. The third-order valence-electron chi connectivity index (χ3n) is 6.52. The normalized spacial score (nSPS) is 12.4. The molecule has 11 nitrogen and oxygen atoms in total. The topological polar surface area (TPSA) is 155 Å². The Morgan fingerprint density at radius 2 is 1.95 bits per heavy atom. The van der Waals surface area contributed by atoms with Crippen LogP contribution in [-0.4, -0.2) is 49.9 Å². The molecule has 0 spiro atoms. The monoisotopic (exact) mass is 549 g/mol. The van der Waals surface area contributed by atoms with Gasteiger partial charge in [-0.25, -0.2) is 4.98 Å². The number of aliphatic hydroxyl groups excluding tert-OH is 1. The van der Waals surface area contributed by atoms with Crippen LogP contribution in [0.2, 0.25) is 0 Å². The van der Waals surface area contributed by atoms with E-state index < -0.39 is 23.0 Å². The van der Waals surface area contributed by atoms with Crippen LogP contribution < -0.4 is 16.0 Å². The Bertz CT molecular complexity index is 1530. The van der Waals surface area contributed by atoms with E-state index in [9.17, 15) is 14.7 Å². The first-order valence-electron chi connectivity index (χ1n) is 12.9. The van der Waals surface area contributed by atoms with Gasteiger partial charge in [0.05, 0.1) is 19.4 Å². The fourth-order valence-electron chi connectivity index (χ4n) is 4.74. The number of carbonyl (C=O) groups is 1. The maximum absolute atomic E-state index is 12.9. The number of nitrogens with one attached hydrogen (secondary N) is 1. The predicted molar refractivity (Wildman–Crippen MR) is 150 cm³/mol. The van der Waals surface area contributed by atoms with Gasteiger partial charge in [-0.3, -0.25) is 19.1 Å². The fraction of sp³-hybridized carbons (Fsp3) is 0.379. The molecule has 0 saturated carbocycles. The molecule has 0 aliphatic carbocycles. The summed E-state index contributed by atoms with van der Waals surface area (Å²) in [6.45, 7) is 7.78. The summed E-state index contributed by atoms with van der Waals surface area (Å²) in [6, 6.07) is 14.0. The number of aromatic amines is 1. The Morgan fingerprint density at radius 1 is 1.20 bits per heavy atom. The maximum atomic E-state index is 12.9. The molecule has 2 aromatic carbocycles. The molecule has 0 fully saturated rings. The quantitative estimate of drug-likeness (QED) is 0.226. The molecule has 1 unspecified atom stereocenters. The Kier molecular flexibility index (Phi) is 8.86. The standard InChI is InChI=1S/C29H35N5O6/c1-18-10-19(2)24(22(11-18)38-14-20-8-6-5-7-9-20)29(3,4)12-23(36)39-15-21(13-35)40-17-34-16-31-25-26(34)32-28(30)33-27(25)37/h5-11,16,21,35H,12-15,17H2,1-4H3,(H3,30,32,33,37). The van der Waals surface area contributed by atoms with Gasteiger partial charge < -0.3 is 25.1 Å². The molecule has 1 atom stereocenters. The summed E-state index contributed by atoms with van der Waals surface area (Å²) < 4.78 is 18.9. The molecule has 0 amide bonds. The molecule has 4 N–H and O–H groups in total. The van der Waals surface area contributed by atoms with E-state index in [1.807, 2.05) is 64.1 Å². The van der Waals surface area contributed by atoms with Crippen molar-refractivity contribution in [3.63, 3.8) is 0 Å². The molecule has 0 bridgehead atoms. The van der Waals surface area contributed by atoms with Crippen molar-refractivity contribution in [3.05, 3.63) is 81.4 Å². The number of hydrogen-bond donors (Lipinski definition) is 3. The molecule has 2 aromatic heterocycles. The number of fused-ring (bicyclic) bond motifs is 1. The average molecular weight is 550 g/mol. The van der Waals surface area contributed by atoms with Crippen LogP contribution >= 0.6 is 0 Å². The third kappa shape index (κ3) is 6.85. The SMILES string of the molecule is Cc1cc(C)c(C(C)(C)CC(=O)OCC(CO)OCn2cnc3c(=O)[nH]c(N)nc32)c(OCc2ccccc2)c1. The summed E-state index contributed by atoms with van der Waals surface area (Å²) in [4.78, 5) is 35.4. The summed E-state index contributed by atoms with van der Waals surface area (Å²) in [5.41, 5.74) is 9.01. The second-order valence-corrected chi connectivity index (χ2v) is 10.4. The van der Waals surface area contributed by atoms with Gasteiger partial charge in [0.2, 0.25) is 5.95 Å². The molecule has 4 aromatic rings. The molecule has 0 aliphatic heterocycles. The van der Waals surface area contributed by atoms with E-state index in [0.717, 1.165) is 28.0 Å². The zero-order chi connectivity index (χ0) is 28.9. The third-order valence-corrected chi connectivity index (χ3v) is 6.52. The highest BCUT2D eigenvalue weighted by atomic mass is 16.6. The molecule has 0 radical (unpaired) electrons. The highest BCUT2D eigenvalue weighted by molar-refractivity contribution is 5.72. The Balaban J connectivity index is 1.38. The number of anilines is 1. The molecular weight excluding hydrogens is 514 g/mol. The molecule has 4 rings (SSSR count). The summed E-state index contributed by atoms with van der Waals surface area (Å²) in [5.74, 6) is 0.249. The van der Waals surface area contributed by atoms with Crippen LogP contribution in [0, 0.1) is 13.8 Å². The van der Waals surface area contributed by atoms with Gasteiger partial charge in [-0.1, -0.05) is 50.2 Å². The van der Waals surface area contributed by atoms with Gasteiger partial charge in [0.1, 0.15) is 31.8 Å². The van der Waals surface area contributed by atoms with Gasteiger partial charge in [0.25, 0.3) is 5.56 Å². The van der Waals surface area contributed by atoms with Crippen molar-refractivity contribution in [2.45, 2.75) is 59.0 Å². The maximum Gasteiger partial charge on any atom is 0.306 e. The lowest BCUT2D eigenvalue weighted by atomic mass is 9.78. The van der Waals surface area contributed by atoms with Crippen molar-refractivity contribution in [1.29, 1.82) is 0 Å².